The number of hydrogen-bond acceptors (Lipinski definition) is 3. The molecule has 1 N–H and O–H groups in total. The number of aliphatic hydroxyl groups excluding tert-OH is 1. The Hall–Kier alpha value is -1.26. The molecule has 2 aromatic rings. The molecule has 1 atom stereocenters. The van der Waals surface area contributed by atoms with Crippen molar-refractivity contribution >= 4 is 11.8 Å². The van der Waals surface area contributed by atoms with Crippen LogP contribution in [0.25, 0.3) is 0 Å². The first-order valence-corrected chi connectivity index (χ1v) is 6.83. The van der Waals surface area contributed by atoms with Crippen LogP contribution in [0.3, 0.4) is 0 Å². The monoisotopic (exact) mass is 248 g/mol. The predicted octanol–water partition coefficient (Wildman–Crippen LogP) is 2.71. The molecule has 3 nitrogen and oxygen atoms in total. The summed E-state index contributed by atoms with van der Waals surface area (Å²) in [5.74, 6) is 0. The van der Waals surface area contributed by atoms with Crippen LogP contribution in [-0.4, -0.2) is 21.1 Å². The first-order valence-electron chi connectivity index (χ1n) is 5.60. The van der Waals surface area contributed by atoms with Gasteiger partial charge in [0, 0.05) is 23.2 Å². The standard InChI is InChI=1S/C13H16N2OS/c1-3-15-11(8-9-14-15)13(16)10-6-4-5-7-12(10)17-2/h4-9,13,16H,3H2,1-2H3. The van der Waals surface area contributed by atoms with Crippen molar-refractivity contribution in [1.82, 2.24) is 9.78 Å². The van der Waals surface area contributed by atoms with Gasteiger partial charge >= 0.3 is 0 Å². The lowest BCUT2D eigenvalue weighted by molar-refractivity contribution is 0.205. The summed E-state index contributed by atoms with van der Waals surface area (Å²) in [7, 11) is 0. The van der Waals surface area contributed by atoms with Crippen molar-refractivity contribution in [2.24, 2.45) is 0 Å². The third-order valence-corrected chi connectivity index (χ3v) is 3.57. The quantitative estimate of drug-likeness (QED) is 0.845. The average Bonchev–Trinajstić information content (AvgIpc) is 2.86. The van der Waals surface area contributed by atoms with Gasteiger partial charge < -0.3 is 5.11 Å². The zero-order valence-corrected chi connectivity index (χ0v) is 10.8. The van der Waals surface area contributed by atoms with Crippen LogP contribution in [0.2, 0.25) is 0 Å². The number of aryl methyl sites for hydroxylation is 1. The molecular weight excluding hydrogens is 232 g/mol. The van der Waals surface area contributed by atoms with E-state index >= 15 is 0 Å². The Morgan fingerprint density at radius 1 is 1.35 bits per heavy atom. The van der Waals surface area contributed by atoms with Gasteiger partial charge in [-0.1, -0.05) is 18.2 Å². The number of aliphatic hydroxyl groups is 1. The van der Waals surface area contributed by atoms with Crippen molar-refractivity contribution in [1.29, 1.82) is 0 Å². The molecule has 1 heterocycles. The van der Waals surface area contributed by atoms with Gasteiger partial charge in [0.1, 0.15) is 6.10 Å². The Bertz CT molecular complexity index is 496. The minimum absolute atomic E-state index is 0.610. The Morgan fingerprint density at radius 2 is 2.12 bits per heavy atom. The first-order chi connectivity index (χ1) is 8.27. The van der Waals surface area contributed by atoms with Gasteiger partial charge in [-0.15, -0.1) is 11.8 Å². The van der Waals surface area contributed by atoms with E-state index in [-0.39, 0.29) is 0 Å². The van der Waals surface area contributed by atoms with Gasteiger partial charge in [0.05, 0.1) is 5.69 Å². The summed E-state index contributed by atoms with van der Waals surface area (Å²) in [6, 6.07) is 9.79. The molecule has 0 fully saturated rings. The van der Waals surface area contributed by atoms with E-state index in [0.717, 1.165) is 22.7 Å². The second kappa shape index (κ2) is 5.38. The fourth-order valence-corrected chi connectivity index (χ4v) is 2.52. The highest BCUT2D eigenvalue weighted by Gasteiger charge is 2.17. The maximum atomic E-state index is 10.4. The third kappa shape index (κ3) is 2.37. The number of nitrogens with zero attached hydrogens (tertiary/aromatic N) is 2. The predicted molar refractivity (Wildman–Crippen MR) is 70.2 cm³/mol. The molecule has 0 saturated carbocycles. The number of aromatic nitrogens is 2. The van der Waals surface area contributed by atoms with Crippen molar-refractivity contribution in [3.05, 3.63) is 47.8 Å². The molecule has 4 heteroatoms. The van der Waals surface area contributed by atoms with Crippen LogP contribution in [0.15, 0.2) is 41.4 Å². The molecule has 0 aliphatic carbocycles. The molecule has 2 rings (SSSR count). The maximum absolute atomic E-state index is 10.4. The highest BCUT2D eigenvalue weighted by Crippen LogP contribution is 2.29. The summed E-state index contributed by atoms with van der Waals surface area (Å²) in [5.41, 5.74) is 1.78. The van der Waals surface area contributed by atoms with Gasteiger partial charge in [0.25, 0.3) is 0 Å². The molecule has 0 spiro atoms. The van der Waals surface area contributed by atoms with Crippen LogP contribution < -0.4 is 0 Å². The zero-order valence-electron chi connectivity index (χ0n) is 10.00. The van der Waals surface area contributed by atoms with Crippen molar-refractivity contribution in [2.45, 2.75) is 24.5 Å². The van der Waals surface area contributed by atoms with Gasteiger partial charge in [0.2, 0.25) is 0 Å². The molecule has 0 saturated heterocycles. The summed E-state index contributed by atoms with van der Waals surface area (Å²) in [5, 5.41) is 14.6. The van der Waals surface area contributed by atoms with E-state index in [1.165, 1.54) is 0 Å². The number of thioether (sulfide) groups is 1. The molecule has 0 radical (unpaired) electrons. The highest BCUT2D eigenvalue weighted by atomic mass is 32.2. The average molecular weight is 248 g/mol. The van der Waals surface area contributed by atoms with Crippen LogP contribution in [0.5, 0.6) is 0 Å². The van der Waals surface area contributed by atoms with Crippen LogP contribution in [0.1, 0.15) is 24.3 Å². The lowest BCUT2D eigenvalue weighted by atomic mass is 10.1. The molecule has 17 heavy (non-hydrogen) atoms. The van der Waals surface area contributed by atoms with E-state index in [1.54, 1.807) is 18.0 Å². The molecule has 0 aliphatic heterocycles. The van der Waals surface area contributed by atoms with Crippen LogP contribution >= 0.6 is 11.8 Å². The zero-order chi connectivity index (χ0) is 12.3. The van der Waals surface area contributed by atoms with Crippen molar-refractivity contribution < 1.29 is 5.11 Å². The van der Waals surface area contributed by atoms with Crippen molar-refractivity contribution in [3.63, 3.8) is 0 Å². The van der Waals surface area contributed by atoms with Gasteiger partial charge in [-0.25, -0.2) is 0 Å². The summed E-state index contributed by atoms with van der Waals surface area (Å²) in [6.45, 7) is 2.78. The number of hydrogen-bond donors (Lipinski definition) is 1. The molecule has 1 aromatic carbocycles. The molecule has 1 aromatic heterocycles. The minimum atomic E-state index is -0.610. The number of rotatable bonds is 4. The summed E-state index contributed by atoms with van der Waals surface area (Å²) in [4.78, 5) is 1.10. The second-order valence-electron chi connectivity index (χ2n) is 3.72. The Labute approximate surface area is 105 Å². The van der Waals surface area contributed by atoms with E-state index in [4.69, 9.17) is 0 Å². The molecule has 0 amide bonds. The Kier molecular flexibility index (Phi) is 3.86. The van der Waals surface area contributed by atoms with E-state index in [2.05, 4.69) is 5.10 Å². The van der Waals surface area contributed by atoms with E-state index in [1.807, 2.05) is 48.2 Å². The second-order valence-corrected chi connectivity index (χ2v) is 4.56. The normalized spacial score (nSPS) is 12.6. The molecule has 0 bridgehead atoms. The smallest absolute Gasteiger partial charge is 0.122 e. The largest absolute Gasteiger partial charge is 0.382 e. The lowest BCUT2D eigenvalue weighted by Crippen LogP contribution is -2.09. The van der Waals surface area contributed by atoms with Gasteiger partial charge in [-0.3, -0.25) is 4.68 Å². The summed E-state index contributed by atoms with van der Waals surface area (Å²) < 4.78 is 1.82. The van der Waals surface area contributed by atoms with Crippen LogP contribution in [0, 0.1) is 0 Å². The Morgan fingerprint density at radius 3 is 2.82 bits per heavy atom. The third-order valence-electron chi connectivity index (χ3n) is 2.76. The molecule has 90 valence electrons. The fraction of sp³-hybridized carbons (Fsp3) is 0.308. The molecular formula is C13H16N2OS. The topological polar surface area (TPSA) is 38.0 Å². The molecule has 0 aliphatic rings. The Balaban J connectivity index is 2.40. The first kappa shape index (κ1) is 12.2. The minimum Gasteiger partial charge on any atom is -0.382 e. The van der Waals surface area contributed by atoms with Gasteiger partial charge in [0.15, 0.2) is 0 Å². The van der Waals surface area contributed by atoms with Crippen molar-refractivity contribution in [2.75, 3.05) is 6.26 Å². The summed E-state index contributed by atoms with van der Waals surface area (Å²) >= 11 is 1.64. The van der Waals surface area contributed by atoms with Crippen LogP contribution in [-0.2, 0) is 6.54 Å². The summed E-state index contributed by atoms with van der Waals surface area (Å²) in [6.07, 6.45) is 3.13. The van der Waals surface area contributed by atoms with E-state index in [9.17, 15) is 5.11 Å². The fourth-order valence-electron chi connectivity index (χ4n) is 1.89. The number of benzene rings is 1. The lowest BCUT2D eigenvalue weighted by Gasteiger charge is -2.15. The van der Waals surface area contributed by atoms with Crippen molar-refractivity contribution in [3.8, 4) is 0 Å². The maximum Gasteiger partial charge on any atom is 0.122 e. The highest BCUT2D eigenvalue weighted by molar-refractivity contribution is 7.98. The SMILES string of the molecule is CCn1nccc1C(O)c1ccccc1SC. The molecule has 1 unspecified atom stereocenters. The van der Waals surface area contributed by atoms with E-state index in [0.29, 0.717) is 0 Å². The van der Waals surface area contributed by atoms with Gasteiger partial charge in [-0.2, -0.15) is 5.10 Å². The van der Waals surface area contributed by atoms with E-state index < -0.39 is 6.10 Å². The van der Waals surface area contributed by atoms with Gasteiger partial charge in [-0.05, 0) is 25.3 Å². The van der Waals surface area contributed by atoms with Crippen LogP contribution in [0.4, 0.5) is 0 Å².